The molecule has 1 rings (SSSR count). The average molecular weight is 288 g/mol. The third-order valence-corrected chi connectivity index (χ3v) is 4.24. The Morgan fingerprint density at radius 2 is 1.70 bits per heavy atom. The smallest absolute Gasteiger partial charge is 0.117 e. The Hall–Kier alpha value is -0.240. The van der Waals surface area contributed by atoms with Crippen LogP contribution in [0.5, 0.6) is 0 Å². The van der Waals surface area contributed by atoms with Crippen LogP contribution in [0.25, 0.3) is 0 Å². The predicted octanol–water partition coefficient (Wildman–Crippen LogP) is -0.423. The molecule has 0 heterocycles. The van der Waals surface area contributed by atoms with Crippen LogP contribution in [0.2, 0.25) is 0 Å². The molecule has 6 nitrogen and oxygen atoms in total. The minimum atomic E-state index is -0.949. The van der Waals surface area contributed by atoms with E-state index in [2.05, 4.69) is 5.32 Å². The molecular weight excluding hydrogens is 256 g/mol. The fourth-order valence-electron chi connectivity index (χ4n) is 2.91. The van der Waals surface area contributed by atoms with Crippen LogP contribution in [-0.4, -0.2) is 41.3 Å². The molecular formula is C14H32N4O2. The lowest BCUT2D eigenvalue weighted by Crippen LogP contribution is -2.50. The summed E-state index contributed by atoms with van der Waals surface area (Å²) in [5.74, 6) is 0.595. The first kappa shape index (κ1) is 17.8. The predicted molar refractivity (Wildman–Crippen MR) is 80.6 cm³/mol. The molecule has 4 unspecified atom stereocenters. The Morgan fingerprint density at radius 3 is 2.25 bits per heavy atom. The van der Waals surface area contributed by atoms with E-state index in [1.54, 1.807) is 0 Å². The van der Waals surface area contributed by atoms with Gasteiger partial charge in [-0.2, -0.15) is 0 Å². The third kappa shape index (κ3) is 6.97. The highest BCUT2D eigenvalue weighted by atomic mass is 16.3. The lowest BCUT2D eigenvalue weighted by Gasteiger charge is -2.30. The summed E-state index contributed by atoms with van der Waals surface area (Å²) in [5, 5.41) is 22.7. The SMILES string of the molecule is NCC(N)CCC(O)NC(CC1CCCCC1)C(N)O. The molecule has 1 saturated carbocycles. The molecule has 1 aliphatic rings. The molecule has 120 valence electrons. The fraction of sp³-hybridized carbons (Fsp3) is 1.00. The van der Waals surface area contributed by atoms with Crippen LogP contribution in [0.3, 0.4) is 0 Å². The Labute approximate surface area is 122 Å². The summed E-state index contributed by atoms with van der Waals surface area (Å²) in [6.07, 6.45) is 6.55. The minimum absolute atomic E-state index is 0.0916. The molecule has 0 aliphatic heterocycles. The standard InChI is InChI=1S/C14H32N4O2/c15-9-11(16)6-7-13(19)18-12(14(17)20)8-10-4-2-1-3-5-10/h10-14,18-20H,1-9,15-17H2. The van der Waals surface area contributed by atoms with Gasteiger partial charge in [-0.15, -0.1) is 0 Å². The lowest BCUT2D eigenvalue weighted by molar-refractivity contribution is 0.0499. The van der Waals surface area contributed by atoms with Crippen molar-refractivity contribution in [2.24, 2.45) is 23.1 Å². The zero-order valence-corrected chi connectivity index (χ0v) is 12.4. The molecule has 4 atom stereocenters. The first-order valence-electron chi connectivity index (χ1n) is 7.86. The summed E-state index contributed by atoms with van der Waals surface area (Å²) in [6, 6.07) is -0.353. The number of rotatable bonds is 9. The van der Waals surface area contributed by atoms with E-state index in [0.717, 1.165) is 6.42 Å². The van der Waals surface area contributed by atoms with Crippen LogP contribution in [0.4, 0.5) is 0 Å². The Kier molecular flexibility index (Phi) is 8.60. The maximum Gasteiger partial charge on any atom is 0.117 e. The van der Waals surface area contributed by atoms with Gasteiger partial charge < -0.3 is 27.4 Å². The molecule has 0 aromatic heterocycles. The summed E-state index contributed by atoms with van der Waals surface area (Å²) in [7, 11) is 0. The van der Waals surface area contributed by atoms with Crippen molar-refractivity contribution in [2.45, 2.75) is 75.9 Å². The third-order valence-electron chi connectivity index (χ3n) is 4.24. The van der Waals surface area contributed by atoms with Crippen LogP contribution in [0.15, 0.2) is 0 Å². The molecule has 0 aromatic carbocycles. The van der Waals surface area contributed by atoms with E-state index >= 15 is 0 Å². The van der Waals surface area contributed by atoms with Gasteiger partial charge >= 0.3 is 0 Å². The zero-order valence-electron chi connectivity index (χ0n) is 12.4. The van der Waals surface area contributed by atoms with Crippen molar-refractivity contribution in [3.05, 3.63) is 0 Å². The van der Waals surface area contributed by atoms with Gasteiger partial charge in [0.2, 0.25) is 0 Å². The minimum Gasteiger partial charge on any atom is -0.379 e. The molecule has 0 aromatic rings. The van der Waals surface area contributed by atoms with Crippen molar-refractivity contribution in [3.8, 4) is 0 Å². The van der Waals surface area contributed by atoms with Crippen molar-refractivity contribution in [2.75, 3.05) is 6.54 Å². The average Bonchev–Trinajstić information content (AvgIpc) is 2.45. The van der Waals surface area contributed by atoms with Crippen LogP contribution in [0, 0.1) is 5.92 Å². The number of nitrogens with one attached hydrogen (secondary N) is 1. The number of nitrogens with two attached hydrogens (primary N) is 3. The van der Waals surface area contributed by atoms with E-state index in [-0.39, 0.29) is 12.1 Å². The molecule has 0 bridgehead atoms. The highest BCUT2D eigenvalue weighted by Gasteiger charge is 2.24. The van der Waals surface area contributed by atoms with E-state index < -0.39 is 12.5 Å². The van der Waals surface area contributed by atoms with E-state index in [0.29, 0.717) is 25.3 Å². The zero-order chi connectivity index (χ0) is 15.0. The van der Waals surface area contributed by atoms with Crippen LogP contribution in [0.1, 0.15) is 51.4 Å². The number of aliphatic hydroxyl groups excluding tert-OH is 2. The lowest BCUT2D eigenvalue weighted by atomic mass is 9.84. The molecule has 9 N–H and O–H groups in total. The summed E-state index contributed by atoms with van der Waals surface area (Å²) in [6.45, 7) is 0.414. The quantitative estimate of drug-likeness (QED) is 0.319. The molecule has 20 heavy (non-hydrogen) atoms. The number of hydrogen-bond donors (Lipinski definition) is 6. The van der Waals surface area contributed by atoms with Crippen molar-refractivity contribution in [1.82, 2.24) is 5.32 Å². The van der Waals surface area contributed by atoms with E-state index in [4.69, 9.17) is 17.2 Å². The van der Waals surface area contributed by atoms with Gasteiger partial charge in [0.05, 0.1) is 0 Å². The molecule has 0 saturated heterocycles. The van der Waals surface area contributed by atoms with Crippen molar-refractivity contribution in [1.29, 1.82) is 0 Å². The molecule has 0 spiro atoms. The van der Waals surface area contributed by atoms with Crippen LogP contribution in [-0.2, 0) is 0 Å². The monoisotopic (exact) mass is 288 g/mol. The van der Waals surface area contributed by atoms with E-state index in [1.165, 1.54) is 32.1 Å². The van der Waals surface area contributed by atoms with Crippen molar-refractivity contribution < 1.29 is 10.2 Å². The number of hydrogen-bond acceptors (Lipinski definition) is 6. The van der Waals surface area contributed by atoms with Gasteiger partial charge in [0.15, 0.2) is 0 Å². The van der Waals surface area contributed by atoms with Gasteiger partial charge in [-0.05, 0) is 25.2 Å². The topological polar surface area (TPSA) is 131 Å². The summed E-state index contributed by atoms with van der Waals surface area (Å²) in [5.41, 5.74) is 16.8. The second-order valence-corrected chi connectivity index (χ2v) is 6.09. The fourth-order valence-corrected chi connectivity index (χ4v) is 2.91. The van der Waals surface area contributed by atoms with Gasteiger partial charge in [0.25, 0.3) is 0 Å². The van der Waals surface area contributed by atoms with Crippen LogP contribution >= 0.6 is 0 Å². The largest absolute Gasteiger partial charge is 0.379 e. The number of aliphatic hydroxyl groups is 2. The van der Waals surface area contributed by atoms with Crippen molar-refractivity contribution >= 4 is 0 Å². The van der Waals surface area contributed by atoms with Gasteiger partial charge in [-0.1, -0.05) is 32.1 Å². The van der Waals surface area contributed by atoms with E-state index in [9.17, 15) is 10.2 Å². The van der Waals surface area contributed by atoms with Crippen LogP contribution < -0.4 is 22.5 Å². The second-order valence-electron chi connectivity index (χ2n) is 6.09. The highest BCUT2D eigenvalue weighted by Crippen LogP contribution is 2.27. The van der Waals surface area contributed by atoms with Crippen molar-refractivity contribution in [3.63, 3.8) is 0 Å². The van der Waals surface area contributed by atoms with Gasteiger partial charge in [0.1, 0.15) is 12.5 Å². The van der Waals surface area contributed by atoms with Gasteiger partial charge in [0, 0.05) is 18.6 Å². The molecule has 0 amide bonds. The van der Waals surface area contributed by atoms with Gasteiger partial charge in [-0.3, -0.25) is 5.32 Å². The molecule has 1 fully saturated rings. The molecule has 1 aliphatic carbocycles. The highest BCUT2D eigenvalue weighted by molar-refractivity contribution is 4.79. The molecule has 6 heteroatoms. The Balaban J connectivity index is 2.33. The Morgan fingerprint density at radius 1 is 1.05 bits per heavy atom. The summed E-state index contributed by atoms with van der Waals surface area (Å²) < 4.78 is 0. The normalized spacial score (nSPS) is 23.2. The summed E-state index contributed by atoms with van der Waals surface area (Å²) in [4.78, 5) is 0. The first-order valence-corrected chi connectivity index (χ1v) is 7.86. The maximum atomic E-state index is 9.97. The summed E-state index contributed by atoms with van der Waals surface area (Å²) >= 11 is 0. The molecule has 0 radical (unpaired) electrons. The maximum absolute atomic E-state index is 9.97. The van der Waals surface area contributed by atoms with Gasteiger partial charge in [-0.25, -0.2) is 0 Å². The van der Waals surface area contributed by atoms with E-state index in [1.807, 2.05) is 0 Å². The Bertz CT molecular complexity index is 247. The second kappa shape index (κ2) is 9.65. The first-order chi connectivity index (χ1) is 9.52.